The van der Waals surface area contributed by atoms with Gasteiger partial charge in [-0.3, -0.25) is 0 Å². The van der Waals surface area contributed by atoms with E-state index in [1.165, 1.54) is 65.7 Å². The molecule has 0 radical (unpaired) electrons. The van der Waals surface area contributed by atoms with Gasteiger partial charge in [-0.25, -0.2) is 0 Å². The molecule has 0 heterocycles. The Morgan fingerprint density at radius 1 is 0.286 bits per heavy atom. The molecule has 0 atom stereocenters. The average Bonchev–Trinajstić information content (AvgIpc) is 3.18. The predicted octanol–water partition coefficient (Wildman–Crippen LogP) is 13.6. The van der Waals surface area contributed by atoms with Crippen LogP contribution in [0.4, 0.5) is 17.1 Å². The molecule has 0 aliphatic carbocycles. The number of nitrogens with zero attached hydrogens (tertiary/aromatic N) is 1. The van der Waals surface area contributed by atoms with Crippen LogP contribution in [0.2, 0.25) is 0 Å². The molecule has 0 saturated carbocycles. The molecule has 9 aromatic carbocycles. The van der Waals surface area contributed by atoms with E-state index < -0.39 is 0 Å². The standard InChI is InChI=1S/C48H33N/c1-3-14-34(15-4-1)36-26-28-37(29-27-36)43-24-13-25-47(48(43)46-33-39-18-9-10-21-42(39)44-22-11-12-23-45(44)46)49(40-19-5-2-6-20-40)41-31-30-35-16-7-8-17-38(35)32-41/h1-33H. The lowest BCUT2D eigenvalue weighted by molar-refractivity contribution is 1.29. The van der Waals surface area contributed by atoms with Crippen molar-refractivity contribution >= 4 is 49.4 Å². The van der Waals surface area contributed by atoms with E-state index >= 15 is 0 Å². The number of rotatable bonds is 6. The Balaban J connectivity index is 1.36. The maximum absolute atomic E-state index is 2.42. The number of hydrogen-bond acceptors (Lipinski definition) is 1. The molecule has 0 spiro atoms. The van der Waals surface area contributed by atoms with Crippen molar-refractivity contribution in [1.82, 2.24) is 0 Å². The van der Waals surface area contributed by atoms with Gasteiger partial charge in [-0.15, -0.1) is 0 Å². The fraction of sp³-hybridized carbons (Fsp3) is 0. The highest BCUT2D eigenvalue weighted by Gasteiger charge is 2.23. The third-order valence-electron chi connectivity index (χ3n) is 9.63. The Morgan fingerprint density at radius 3 is 1.65 bits per heavy atom. The lowest BCUT2D eigenvalue weighted by Gasteiger charge is -2.30. The summed E-state index contributed by atoms with van der Waals surface area (Å²) >= 11 is 0. The van der Waals surface area contributed by atoms with E-state index in [2.05, 4.69) is 205 Å². The van der Waals surface area contributed by atoms with Crippen LogP contribution in [0.5, 0.6) is 0 Å². The minimum absolute atomic E-state index is 1.11. The van der Waals surface area contributed by atoms with Gasteiger partial charge in [0.25, 0.3) is 0 Å². The van der Waals surface area contributed by atoms with Crippen LogP contribution in [0.15, 0.2) is 200 Å². The third-order valence-corrected chi connectivity index (χ3v) is 9.63. The average molecular weight is 624 g/mol. The van der Waals surface area contributed by atoms with Gasteiger partial charge in [-0.1, -0.05) is 164 Å². The summed E-state index contributed by atoms with van der Waals surface area (Å²) in [6.07, 6.45) is 0. The Bertz CT molecular complexity index is 2590. The monoisotopic (exact) mass is 623 g/mol. The first kappa shape index (κ1) is 28.8. The summed E-state index contributed by atoms with van der Waals surface area (Å²) in [4.78, 5) is 2.42. The topological polar surface area (TPSA) is 3.24 Å². The smallest absolute Gasteiger partial charge is 0.0546 e. The molecule has 230 valence electrons. The first-order chi connectivity index (χ1) is 24.3. The summed E-state index contributed by atoms with van der Waals surface area (Å²) in [6, 6.07) is 72.6. The second kappa shape index (κ2) is 12.3. The van der Waals surface area contributed by atoms with Crippen molar-refractivity contribution in [2.75, 3.05) is 4.90 Å². The molecule has 0 amide bonds. The second-order valence-electron chi connectivity index (χ2n) is 12.5. The molecular weight excluding hydrogens is 591 g/mol. The van der Waals surface area contributed by atoms with Crippen LogP contribution >= 0.6 is 0 Å². The summed E-state index contributed by atoms with van der Waals surface area (Å²) in [5, 5.41) is 7.43. The summed E-state index contributed by atoms with van der Waals surface area (Å²) in [5.41, 5.74) is 10.6. The highest BCUT2D eigenvalue weighted by molar-refractivity contribution is 6.16. The molecule has 0 N–H and O–H groups in total. The van der Waals surface area contributed by atoms with Crippen molar-refractivity contribution in [3.8, 4) is 33.4 Å². The number of fused-ring (bicyclic) bond motifs is 4. The molecule has 0 unspecified atom stereocenters. The van der Waals surface area contributed by atoms with Gasteiger partial charge in [0.05, 0.1) is 5.69 Å². The summed E-state index contributed by atoms with van der Waals surface area (Å²) in [5.74, 6) is 0. The number of anilines is 3. The van der Waals surface area contributed by atoms with Gasteiger partial charge >= 0.3 is 0 Å². The molecule has 0 aliphatic rings. The lowest BCUT2D eigenvalue weighted by Crippen LogP contribution is -2.11. The SMILES string of the molecule is c1ccc(-c2ccc(-c3cccc(N(c4ccccc4)c4ccc5ccccc5c4)c3-c3cc4ccccc4c4ccccc34)cc2)cc1. The van der Waals surface area contributed by atoms with Crippen LogP contribution < -0.4 is 4.90 Å². The zero-order valence-electron chi connectivity index (χ0n) is 27.0. The van der Waals surface area contributed by atoms with E-state index in [0.29, 0.717) is 0 Å². The van der Waals surface area contributed by atoms with Crippen molar-refractivity contribution in [2.24, 2.45) is 0 Å². The van der Waals surface area contributed by atoms with E-state index in [4.69, 9.17) is 0 Å². The molecule has 1 heteroatoms. The Labute approximate surface area is 287 Å². The molecule has 9 aromatic rings. The quantitative estimate of drug-likeness (QED) is 0.167. The van der Waals surface area contributed by atoms with Gasteiger partial charge in [0, 0.05) is 16.9 Å². The first-order valence-corrected chi connectivity index (χ1v) is 16.9. The van der Waals surface area contributed by atoms with Crippen molar-refractivity contribution in [3.63, 3.8) is 0 Å². The summed E-state index contributed by atoms with van der Waals surface area (Å²) in [7, 11) is 0. The Morgan fingerprint density at radius 2 is 0.878 bits per heavy atom. The van der Waals surface area contributed by atoms with Crippen molar-refractivity contribution in [2.45, 2.75) is 0 Å². The van der Waals surface area contributed by atoms with Gasteiger partial charge in [-0.05, 0) is 96.5 Å². The third kappa shape index (κ3) is 5.23. The van der Waals surface area contributed by atoms with Crippen LogP contribution in [-0.4, -0.2) is 0 Å². The minimum atomic E-state index is 1.11. The summed E-state index contributed by atoms with van der Waals surface area (Å²) < 4.78 is 0. The number of benzene rings is 9. The minimum Gasteiger partial charge on any atom is -0.310 e. The van der Waals surface area contributed by atoms with Gasteiger partial charge in [0.1, 0.15) is 0 Å². The van der Waals surface area contributed by atoms with Crippen LogP contribution in [-0.2, 0) is 0 Å². The molecule has 9 rings (SSSR count). The molecule has 0 fully saturated rings. The second-order valence-corrected chi connectivity index (χ2v) is 12.5. The van der Waals surface area contributed by atoms with Gasteiger partial charge in [0.15, 0.2) is 0 Å². The van der Waals surface area contributed by atoms with Crippen LogP contribution in [0.1, 0.15) is 0 Å². The molecule has 0 aromatic heterocycles. The lowest BCUT2D eigenvalue weighted by atomic mass is 9.87. The maximum atomic E-state index is 2.42. The highest BCUT2D eigenvalue weighted by Crippen LogP contribution is 2.48. The Hall–Kier alpha value is -6.44. The van der Waals surface area contributed by atoms with Crippen LogP contribution in [0, 0.1) is 0 Å². The van der Waals surface area contributed by atoms with Gasteiger partial charge in [0.2, 0.25) is 0 Å². The molecule has 1 nitrogen and oxygen atoms in total. The fourth-order valence-corrected chi connectivity index (χ4v) is 7.30. The van der Waals surface area contributed by atoms with E-state index in [9.17, 15) is 0 Å². The number of para-hydroxylation sites is 1. The molecule has 0 aliphatic heterocycles. The maximum Gasteiger partial charge on any atom is 0.0546 e. The van der Waals surface area contributed by atoms with Crippen molar-refractivity contribution < 1.29 is 0 Å². The van der Waals surface area contributed by atoms with Gasteiger partial charge < -0.3 is 4.90 Å². The van der Waals surface area contributed by atoms with Crippen molar-refractivity contribution in [3.05, 3.63) is 200 Å². The van der Waals surface area contributed by atoms with E-state index in [-0.39, 0.29) is 0 Å². The normalized spacial score (nSPS) is 11.3. The van der Waals surface area contributed by atoms with E-state index in [0.717, 1.165) is 17.1 Å². The fourth-order valence-electron chi connectivity index (χ4n) is 7.30. The molecular formula is C48H33N. The van der Waals surface area contributed by atoms with Crippen LogP contribution in [0.25, 0.3) is 65.7 Å². The van der Waals surface area contributed by atoms with Gasteiger partial charge in [-0.2, -0.15) is 0 Å². The van der Waals surface area contributed by atoms with E-state index in [1.54, 1.807) is 0 Å². The van der Waals surface area contributed by atoms with Crippen molar-refractivity contribution in [1.29, 1.82) is 0 Å². The predicted molar refractivity (Wildman–Crippen MR) is 210 cm³/mol. The van der Waals surface area contributed by atoms with E-state index in [1.807, 2.05) is 0 Å². The number of hydrogen-bond donors (Lipinski definition) is 0. The molecule has 49 heavy (non-hydrogen) atoms. The first-order valence-electron chi connectivity index (χ1n) is 16.9. The summed E-state index contributed by atoms with van der Waals surface area (Å²) in [6.45, 7) is 0. The molecule has 0 saturated heterocycles. The zero-order valence-corrected chi connectivity index (χ0v) is 27.0. The highest BCUT2D eigenvalue weighted by atomic mass is 15.1. The Kier molecular flexibility index (Phi) is 7.22. The molecule has 0 bridgehead atoms. The zero-order chi connectivity index (χ0) is 32.6. The largest absolute Gasteiger partial charge is 0.310 e. The van der Waals surface area contributed by atoms with Crippen LogP contribution in [0.3, 0.4) is 0 Å².